The molecule has 6 heteroatoms. The van der Waals surface area contributed by atoms with E-state index in [2.05, 4.69) is 10.2 Å². The van der Waals surface area contributed by atoms with Crippen LogP contribution in [0.1, 0.15) is 10.4 Å². The van der Waals surface area contributed by atoms with Gasteiger partial charge < -0.3 is 10.8 Å². The van der Waals surface area contributed by atoms with E-state index in [1.807, 2.05) is 0 Å². The minimum Gasteiger partial charge on any atom is -0.477 e. The average Bonchev–Trinajstić information content (AvgIpc) is 2.61. The Kier molecular flexibility index (Phi) is 2.32. The van der Waals surface area contributed by atoms with Crippen LogP contribution in [0.25, 0.3) is 11.3 Å². The van der Waals surface area contributed by atoms with Gasteiger partial charge in [0, 0.05) is 5.56 Å². The number of nitrogens with two attached hydrogens (primary N) is 1. The molecule has 0 bridgehead atoms. The Morgan fingerprint density at radius 2 is 2.00 bits per heavy atom. The summed E-state index contributed by atoms with van der Waals surface area (Å²) in [6, 6.07) is 5.37. The van der Waals surface area contributed by atoms with Crippen LogP contribution in [0.15, 0.2) is 24.3 Å². The van der Waals surface area contributed by atoms with Crippen molar-refractivity contribution in [3.05, 3.63) is 35.6 Å². The lowest BCUT2D eigenvalue weighted by molar-refractivity contribution is 0.0699. The summed E-state index contributed by atoms with van der Waals surface area (Å²) in [6.45, 7) is 0. The second-order valence-corrected chi connectivity index (χ2v) is 3.17. The van der Waals surface area contributed by atoms with Gasteiger partial charge in [0.05, 0.1) is 5.69 Å². The van der Waals surface area contributed by atoms with Crippen molar-refractivity contribution >= 4 is 11.8 Å². The van der Waals surface area contributed by atoms with Crippen LogP contribution in [0.2, 0.25) is 0 Å². The Labute approximate surface area is 89.7 Å². The number of hydrogen-bond acceptors (Lipinski definition) is 3. The monoisotopic (exact) mass is 221 g/mol. The third-order valence-electron chi connectivity index (χ3n) is 2.14. The van der Waals surface area contributed by atoms with Gasteiger partial charge in [0.1, 0.15) is 11.4 Å². The second-order valence-electron chi connectivity index (χ2n) is 3.17. The fourth-order valence-electron chi connectivity index (χ4n) is 1.40. The maximum atomic E-state index is 12.7. The quantitative estimate of drug-likeness (QED) is 0.716. The van der Waals surface area contributed by atoms with Gasteiger partial charge in [-0.3, -0.25) is 5.10 Å². The summed E-state index contributed by atoms with van der Waals surface area (Å²) in [5, 5.41) is 15.1. The number of carbonyl (C=O) groups is 1. The number of nitrogens with zero attached hydrogens (tertiary/aromatic N) is 1. The summed E-state index contributed by atoms with van der Waals surface area (Å²) < 4.78 is 12.7. The van der Waals surface area contributed by atoms with E-state index in [9.17, 15) is 9.18 Å². The predicted molar refractivity (Wildman–Crippen MR) is 55.4 cm³/mol. The van der Waals surface area contributed by atoms with Crippen molar-refractivity contribution in [3.63, 3.8) is 0 Å². The molecule has 0 amide bonds. The van der Waals surface area contributed by atoms with Crippen LogP contribution in [-0.4, -0.2) is 21.3 Å². The highest BCUT2D eigenvalue weighted by Gasteiger charge is 2.18. The van der Waals surface area contributed by atoms with E-state index >= 15 is 0 Å². The van der Waals surface area contributed by atoms with Crippen LogP contribution < -0.4 is 5.73 Å². The highest BCUT2D eigenvalue weighted by atomic mass is 19.1. The van der Waals surface area contributed by atoms with E-state index in [1.54, 1.807) is 0 Å². The number of carboxylic acids is 1. The third kappa shape index (κ3) is 1.60. The van der Waals surface area contributed by atoms with Gasteiger partial charge in [-0.2, -0.15) is 5.10 Å². The van der Waals surface area contributed by atoms with Crippen molar-refractivity contribution in [3.8, 4) is 11.3 Å². The molecule has 0 fully saturated rings. The molecule has 1 heterocycles. The first-order valence-electron chi connectivity index (χ1n) is 4.42. The summed E-state index contributed by atoms with van der Waals surface area (Å²) >= 11 is 0. The number of nitrogens with one attached hydrogen (secondary N) is 1. The van der Waals surface area contributed by atoms with Crippen molar-refractivity contribution in [2.75, 3.05) is 5.73 Å². The number of anilines is 1. The topological polar surface area (TPSA) is 92.0 Å². The first-order valence-corrected chi connectivity index (χ1v) is 4.42. The number of aromatic carboxylic acids is 1. The Hall–Kier alpha value is -2.37. The van der Waals surface area contributed by atoms with E-state index in [0.29, 0.717) is 5.56 Å². The summed E-state index contributed by atoms with van der Waals surface area (Å²) in [5.74, 6) is -1.66. The zero-order valence-electron chi connectivity index (χ0n) is 8.07. The molecule has 0 unspecified atom stereocenters. The molecule has 1 aromatic carbocycles. The van der Waals surface area contributed by atoms with Crippen LogP contribution in [0.4, 0.5) is 10.2 Å². The lowest BCUT2D eigenvalue weighted by atomic mass is 10.1. The number of rotatable bonds is 2. The second kappa shape index (κ2) is 3.65. The van der Waals surface area contributed by atoms with E-state index in [-0.39, 0.29) is 17.1 Å². The molecule has 0 radical (unpaired) electrons. The van der Waals surface area contributed by atoms with Gasteiger partial charge in [0.15, 0.2) is 5.82 Å². The van der Waals surface area contributed by atoms with Crippen LogP contribution in [-0.2, 0) is 0 Å². The number of hydrogen-bond donors (Lipinski definition) is 3. The Balaban J connectivity index is 2.56. The molecule has 5 nitrogen and oxygen atoms in total. The molecule has 1 aromatic heterocycles. The van der Waals surface area contributed by atoms with Crippen LogP contribution in [0, 0.1) is 5.82 Å². The molecule has 4 N–H and O–H groups in total. The molecule has 0 atom stereocenters. The number of nitrogen functional groups attached to an aromatic ring is 1. The Bertz CT molecular complexity index is 533. The van der Waals surface area contributed by atoms with Crippen molar-refractivity contribution in [1.29, 1.82) is 0 Å². The summed E-state index contributed by atoms with van der Waals surface area (Å²) in [7, 11) is 0. The fourth-order valence-corrected chi connectivity index (χ4v) is 1.40. The van der Waals surface area contributed by atoms with E-state index in [0.717, 1.165) is 0 Å². The molecule has 16 heavy (non-hydrogen) atoms. The van der Waals surface area contributed by atoms with Gasteiger partial charge in [-0.1, -0.05) is 0 Å². The largest absolute Gasteiger partial charge is 0.477 e. The molecule has 2 rings (SSSR count). The number of carboxylic acid groups (broad SMARTS) is 1. The average molecular weight is 221 g/mol. The van der Waals surface area contributed by atoms with Gasteiger partial charge in [-0.25, -0.2) is 9.18 Å². The molecule has 0 aliphatic heterocycles. The molecule has 0 aliphatic rings. The van der Waals surface area contributed by atoms with Crippen LogP contribution >= 0.6 is 0 Å². The lowest BCUT2D eigenvalue weighted by Crippen LogP contribution is -2.01. The van der Waals surface area contributed by atoms with Crippen molar-refractivity contribution in [2.24, 2.45) is 0 Å². The smallest absolute Gasteiger partial charge is 0.341 e. The number of aromatic amines is 1. The zero-order valence-corrected chi connectivity index (χ0v) is 8.07. The molecule has 0 aliphatic carbocycles. The SMILES string of the molecule is Nc1n[nH]c(-c2ccc(F)cc2)c1C(=O)O. The maximum absolute atomic E-state index is 12.7. The molecule has 0 saturated carbocycles. The molecular formula is C10H8FN3O2. The normalized spacial score (nSPS) is 10.3. The van der Waals surface area contributed by atoms with E-state index in [4.69, 9.17) is 10.8 Å². The molecule has 0 spiro atoms. The van der Waals surface area contributed by atoms with Crippen molar-refractivity contribution < 1.29 is 14.3 Å². The highest BCUT2D eigenvalue weighted by Crippen LogP contribution is 2.25. The van der Waals surface area contributed by atoms with Gasteiger partial charge >= 0.3 is 5.97 Å². The van der Waals surface area contributed by atoms with Crippen molar-refractivity contribution in [2.45, 2.75) is 0 Å². The number of H-pyrrole nitrogens is 1. The molecule has 0 saturated heterocycles. The predicted octanol–water partition coefficient (Wildman–Crippen LogP) is 1.50. The first-order chi connectivity index (χ1) is 7.59. The molecular weight excluding hydrogens is 213 g/mol. The number of aromatic nitrogens is 2. The number of halogens is 1. The van der Waals surface area contributed by atoms with E-state index in [1.165, 1.54) is 24.3 Å². The maximum Gasteiger partial charge on any atom is 0.341 e. The van der Waals surface area contributed by atoms with Crippen LogP contribution in [0.5, 0.6) is 0 Å². The van der Waals surface area contributed by atoms with Gasteiger partial charge in [0.25, 0.3) is 0 Å². The van der Waals surface area contributed by atoms with Gasteiger partial charge in [-0.05, 0) is 24.3 Å². The Morgan fingerprint density at radius 3 is 2.56 bits per heavy atom. The van der Waals surface area contributed by atoms with Gasteiger partial charge in [-0.15, -0.1) is 0 Å². The lowest BCUT2D eigenvalue weighted by Gasteiger charge is -1.99. The summed E-state index contributed by atoms with van der Waals surface area (Å²) in [4.78, 5) is 10.9. The number of benzene rings is 1. The van der Waals surface area contributed by atoms with Crippen molar-refractivity contribution in [1.82, 2.24) is 10.2 Å². The van der Waals surface area contributed by atoms with E-state index < -0.39 is 11.8 Å². The summed E-state index contributed by atoms with van der Waals surface area (Å²) in [5.41, 5.74) is 6.09. The first kappa shape index (κ1) is 10.2. The molecule has 2 aromatic rings. The fraction of sp³-hybridized carbons (Fsp3) is 0. The highest BCUT2D eigenvalue weighted by molar-refractivity contribution is 5.99. The Morgan fingerprint density at radius 1 is 1.38 bits per heavy atom. The minimum absolute atomic E-state index is 0.0909. The third-order valence-corrected chi connectivity index (χ3v) is 2.14. The minimum atomic E-state index is -1.18. The standard InChI is InChI=1S/C10H8FN3O2/c11-6-3-1-5(2-4-6)8-7(10(15)16)9(12)14-13-8/h1-4H,(H,15,16)(H3,12,13,14). The van der Waals surface area contributed by atoms with Crippen LogP contribution in [0.3, 0.4) is 0 Å². The zero-order chi connectivity index (χ0) is 11.7. The summed E-state index contributed by atoms with van der Waals surface area (Å²) in [6.07, 6.45) is 0. The van der Waals surface area contributed by atoms with Gasteiger partial charge in [0.2, 0.25) is 0 Å². The molecule has 82 valence electrons.